The number of carbonyl (C=O) groups is 4. The van der Waals surface area contributed by atoms with Crippen LogP contribution in [0.4, 0.5) is 0 Å². The van der Waals surface area contributed by atoms with Gasteiger partial charge in [-0.3, -0.25) is 34.2 Å². The molecule has 4 rings (SSSR count). The molecule has 0 radical (unpaired) electrons. The second kappa shape index (κ2) is 16.9. The number of hydrazine groups is 1. The minimum absolute atomic E-state index is 0.114. The van der Waals surface area contributed by atoms with E-state index in [1.165, 1.54) is 11.9 Å². The lowest BCUT2D eigenvalue weighted by molar-refractivity contribution is -0.152. The molecule has 1 saturated heterocycles. The first-order valence-electron chi connectivity index (χ1n) is 16.1. The number of hydrogen-bond acceptors (Lipinski definition) is 9. The number of amides is 3. The number of rotatable bonds is 12. The molecule has 1 aromatic carbocycles. The zero-order chi connectivity index (χ0) is 36.6. The van der Waals surface area contributed by atoms with E-state index in [0.29, 0.717) is 24.1 Å². The maximum atomic E-state index is 13.6. The molecular weight excluding hydrogens is 707 g/mol. The summed E-state index contributed by atoms with van der Waals surface area (Å²) < 4.78 is 3.28. The standard InChI is InChI=1S/C35H41Cl3N6O6/c1-21(31(47)44-14-6-8-28(43-44)32(48)50-20-35(36,37)38)41-30(46)29(15-23-7-5-13-39-18-23)42-33(49)34(3,4)12-11-27-17-26-16-24(22(2)45)9-10-25(26)19-40-27/h5,7,9-13,16-19,21-22,28-29,43,45H,6,8,14-15,20H2,1-4H3,(H,41,46)(H,42,49). The summed E-state index contributed by atoms with van der Waals surface area (Å²) in [6.07, 6.45) is 8.75. The summed E-state index contributed by atoms with van der Waals surface area (Å²) in [5.41, 5.74) is 3.87. The highest BCUT2D eigenvalue weighted by Crippen LogP contribution is 2.27. The van der Waals surface area contributed by atoms with E-state index in [0.717, 1.165) is 16.3 Å². The highest BCUT2D eigenvalue weighted by Gasteiger charge is 2.35. The fourth-order valence-electron chi connectivity index (χ4n) is 5.18. The van der Waals surface area contributed by atoms with Crippen LogP contribution in [0.2, 0.25) is 0 Å². The maximum absolute atomic E-state index is 13.6. The van der Waals surface area contributed by atoms with Crippen molar-refractivity contribution in [3.05, 3.63) is 77.9 Å². The summed E-state index contributed by atoms with van der Waals surface area (Å²) in [5, 5.41) is 18.6. The van der Waals surface area contributed by atoms with E-state index in [1.54, 1.807) is 63.6 Å². The Morgan fingerprint density at radius 3 is 2.54 bits per heavy atom. The normalized spacial score (nSPS) is 17.2. The summed E-state index contributed by atoms with van der Waals surface area (Å²) in [7, 11) is 0. The number of nitrogens with zero attached hydrogens (tertiary/aromatic N) is 3. The van der Waals surface area contributed by atoms with Crippen molar-refractivity contribution in [3.8, 4) is 0 Å². The van der Waals surface area contributed by atoms with Crippen LogP contribution in [0.5, 0.6) is 0 Å². The quantitative estimate of drug-likeness (QED) is 0.156. The van der Waals surface area contributed by atoms with E-state index < -0.39 is 63.7 Å². The average Bonchev–Trinajstić information content (AvgIpc) is 3.08. The molecule has 1 aliphatic rings. The second-order valence-corrected chi connectivity index (χ2v) is 15.3. The van der Waals surface area contributed by atoms with Gasteiger partial charge in [-0.25, -0.2) is 5.43 Å². The molecule has 50 heavy (non-hydrogen) atoms. The molecule has 1 aliphatic heterocycles. The van der Waals surface area contributed by atoms with Crippen LogP contribution >= 0.6 is 34.8 Å². The topological polar surface area (TPSA) is 163 Å². The number of hydrogen-bond donors (Lipinski definition) is 4. The van der Waals surface area contributed by atoms with E-state index in [1.807, 2.05) is 24.3 Å². The van der Waals surface area contributed by atoms with Gasteiger partial charge in [-0.15, -0.1) is 0 Å². The number of aliphatic hydroxyl groups excluding tert-OH is 1. The second-order valence-electron chi connectivity index (χ2n) is 12.8. The van der Waals surface area contributed by atoms with Crippen molar-refractivity contribution in [2.45, 2.75) is 75.0 Å². The number of esters is 1. The van der Waals surface area contributed by atoms with E-state index in [9.17, 15) is 24.3 Å². The SMILES string of the molecule is CC(NC(=O)C(Cc1cccnc1)NC(=O)C(C)(C)C=Cc1cc2cc(C(C)O)ccc2cn1)C(=O)N1CCCC(C(=O)OCC(Cl)(Cl)Cl)N1. The van der Waals surface area contributed by atoms with Crippen molar-refractivity contribution < 1.29 is 29.0 Å². The monoisotopic (exact) mass is 746 g/mol. The van der Waals surface area contributed by atoms with Crippen LogP contribution in [-0.4, -0.2) is 78.8 Å². The van der Waals surface area contributed by atoms with Gasteiger partial charge in [0.2, 0.25) is 15.6 Å². The third kappa shape index (κ3) is 11.1. The molecule has 4 unspecified atom stereocenters. The smallest absolute Gasteiger partial charge is 0.325 e. The predicted octanol–water partition coefficient (Wildman–Crippen LogP) is 4.36. The Morgan fingerprint density at radius 2 is 1.86 bits per heavy atom. The Labute approximate surface area is 305 Å². The summed E-state index contributed by atoms with van der Waals surface area (Å²) in [6.45, 7) is 6.49. The van der Waals surface area contributed by atoms with Crippen molar-refractivity contribution in [3.63, 3.8) is 0 Å². The number of halogens is 3. The molecule has 268 valence electrons. The number of nitrogens with one attached hydrogen (secondary N) is 3. The molecule has 4 atom stereocenters. The zero-order valence-electron chi connectivity index (χ0n) is 28.2. The predicted molar refractivity (Wildman–Crippen MR) is 192 cm³/mol. The fraction of sp³-hybridized carbons (Fsp3) is 0.429. The van der Waals surface area contributed by atoms with Crippen molar-refractivity contribution in [1.82, 2.24) is 31.0 Å². The van der Waals surface area contributed by atoms with Crippen LogP contribution in [0.1, 0.15) is 63.5 Å². The molecule has 0 bridgehead atoms. The van der Waals surface area contributed by atoms with Gasteiger partial charge in [0.25, 0.3) is 5.91 Å². The summed E-state index contributed by atoms with van der Waals surface area (Å²) in [5.74, 6) is -2.18. The largest absolute Gasteiger partial charge is 0.460 e. The van der Waals surface area contributed by atoms with Crippen LogP contribution in [-0.2, 0) is 30.3 Å². The van der Waals surface area contributed by atoms with Gasteiger partial charge >= 0.3 is 5.97 Å². The van der Waals surface area contributed by atoms with Crippen LogP contribution < -0.4 is 16.1 Å². The average molecular weight is 748 g/mol. The summed E-state index contributed by atoms with van der Waals surface area (Å²) >= 11 is 17.0. The van der Waals surface area contributed by atoms with Crippen molar-refractivity contribution in [2.75, 3.05) is 13.2 Å². The third-order valence-corrected chi connectivity index (χ3v) is 8.46. The molecule has 0 saturated carbocycles. The number of fused-ring (bicyclic) bond motifs is 1. The van der Waals surface area contributed by atoms with Gasteiger partial charge < -0.3 is 20.5 Å². The lowest BCUT2D eigenvalue weighted by atomic mass is 9.90. The Morgan fingerprint density at radius 1 is 1.10 bits per heavy atom. The molecule has 0 spiro atoms. The first-order chi connectivity index (χ1) is 23.5. The number of aromatic nitrogens is 2. The van der Waals surface area contributed by atoms with Gasteiger partial charge in [-0.05, 0) is 81.3 Å². The number of ether oxygens (including phenoxy) is 1. The minimum Gasteiger partial charge on any atom is -0.460 e. The van der Waals surface area contributed by atoms with E-state index in [4.69, 9.17) is 39.5 Å². The first kappa shape index (κ1) is 39.0. The Hall–Kier alpha value is -3.81. The van der Waals surface area contributed by atoms with Gasteiger partial charge in [0, 0.05) is 36.9 Å². The van der Waals surface area contributed by atoms with Crippen LogP contribution in [0.25, 0.3) is 16.8 Å². The van der Waals surface area contributed by atoms with Gasteiger partial charge in [-0.2, -0.15) is 0 Å². The molecule has 15 heteroatoms. The van der Waals surface area contributed by atoms with Crippen LogP contribution in [0.3, 0.4) is 0 Å². The van der Waals surface area contributed by atoms with Gasteiger partial charge in [0.05, 0.1) is 17.2 Å². The molecule has 2 aromatic heterocycles. The molecule has 4 N–H and O–H groups in total. The van der Waals surface area contributed by atoms with E-state index >= 15 is 0 Å². The molecule has 3 heterocycles. The van der Waals surface area contributed by atoms with Crippen molar-refractivity contribution >= 4 is 75.3 Å². The number of aliphatic hydroxyl groups is 1. The Balaban J connectivity index is 1.43. The number of benzene rings is 1. The van der Waals surface area contributed by atoms with Gasteiger partial charge in [0.15, 0.2) is 0 Å². The molecule has 0 aliphatic carbocycles. The zero-order valence-corrected chi connectivity index (χ0v) is 30.4. The van der Waals surface area contributed by atoms with Crippen LogP contribution in [0.15, 0.2) is 61.1 Å². The van der Waals surface area contributed by atoms with Gasteiger partial charge in [-0.1, -0.05) is 59.1 Å². The molecular formula is C35H41Cl3N6O6. The number of carbonyl (C=O) groups excluding carboxylic acids is 4. The fourth-order valence-corrected chi connectivity index (χ4v) is 5.35. The Kier molecular flexibility index (Phi) is 13.2. The van der Waals surface area contributed by atoms with E-state index in [2.05, 4.69) is 26.0 Å². The van der Waals surface area contributed by atoms with E-state index in [-0.39, 0.29) is 13.0 Å². The van der Waals surface area contributed by atoms with Crippen LogP contribution in [0, 0.1) is 5.41 Å². The highest BCUT2D eigenvalue weighted by molar-refractivity contribution is 6.67. The molecule has 12 nitrogen and oxygen atoms in total. The summed E-state index contributed by atoms with van der Waals surface area (Å²) in [4.78, 5) is 61.7. The lowest BCUT2D eigenvalue weighted by Gasteiger charge is -2.34. The molecule has 3 amide bonds. The van der Waals surface area contributed by atoms with Gasteiger partial charge in [0.1, 0.15) is 24.7 Å². The van der Waals surface area contributed by atoms with Crippen molar-refractivity contribution in [2.24, 2.45) is 5.41 Å². The molecule has 1 fully saturated rings. The first-order valence-corrected chi connectivity index (χ1v) is 17.2. The maximum Gasteiger partial charge on any atom is 0.325 e. The number of pyridine rings is 2. The summed E-state index contributed by atoms with van der Waals surface area (Å²) in [6, 6.07) is 8.11. The highest BCUT2D eigenvalue weighted by atomic mass is 35.6. The lowest BCUT2D eigenvalue weighted by Crippen LogP contribution is -2.61. The molecule has 3 aromatic rings. The minimum atomic E-state index is -1.77. The number of alkyl halides is 3. The third-order valence-electron chi connectivity index (χ3n) is 8.13. The van der Waals surface area contributed by atoms with Crippen molar-refractivity contribution in [1.29, 1.82) is 0 Å². The Bertz CT molecular complexity index is 1720.